The Morgan fingerprint density at radius 3 is 3.00 bits per heavy atom. The van der Waals surface area contributed by atoms with E-state index in [0.717, 1.165) is 11.1 Å². The molecule has 0 aliphatic heterocycles. The highest BCUT2D eigenvalue weighted by atomic mass is 16.4. The molecular weight excluding hydrogens is 204 g/mol. The van der Waals surface area contributed by atoms with Crippen molar-refractivity contribution in [3.63, 3.8) is 0 Å². The van der Waals surface area contributed by atoms with Gasteiger partial charge in [0.05, 0.1) is 5.56 Å². The third kappa shape index (κ3) is 2.49. The molecule has 4 heteroatoms. The summed E-state index contributed by atoms with van der Waals surface area (Å²) in [6, 6.07) is 5.38. The number of rotatable bonds is 1. The van der Waals surface area contributed by atoms with Crippen molar-refractivity contribution >= 4 is 6.21 Å². The average Bonchev–Trinajstić information content (AvgIpc) is 2.76. The summed E-state index contributed by atoms with van der Waals surface area (Å²) in [5, 5.41) is 11.2. The van der Waals surface area contributed by atoms with Crippen LogP contribution in [0.1, 0.15) is 16.9 Å². The van der Waals surface area contributed by atoms with Gasteiger partial charge in [-0.3, -0.25) is 4.98 Å². The fourth-order valence-electron chi connectivity index (χ4n) is 1.12. The number of nitrogens with zero attached hydrogens (tertiary/aromatic N) is 2. The van der Waals surface area contributed by atoms with Gasteiger partial charge in [0.2, 0.25) is 0 Å². The van der Waals surface area contributed by atoms with Crippen LogP contribution in [0.4, 0.5) is 0 Å². The summed E-state index contributed by atoms with van der Waals surface area (Å²) in [6.07, 6.45) is 6.08. The van der Waals surface area contributed by atoms with Gasteiger partial charge in [-0.2, -0.15) is 0 Å². The van der Waals surface area contributed by atoms with Crippen LogP contribution in [0.2, 0.25) is 0 Å². The monoisotopic (exact) mass is 212 g/mol. The van der Waals surface area contributed by atoms with E-state index in [1.54, 1.807) is 18.5 Å². The molecule has 0 unspecified atom stereocenters. The van der Waals surface area contributed by atoms with Crippen molar-refractivity contribution in [3.05, 3.63) is 53.7 Å². The molecular formula is C12H8N2O2. The first-order valence-corrected chi connectivity index (χ1v) is 4.56. The van der Waals surface area contributed by atoms with Gasteiger partial charge in [0.1, 0.15) is 18.2 Å². The lowest BCUT2D eigenvalue weighted by Gasteiger charge is -1.84. The van der Waals surface area contributed by atoms with Gasteiger partial charge in [0, 0.05) is 24.0 Å². The molecule has 0 atom stereocenters. The van der Waals surface area contributed by atoms with Gasteiger partial charge in [-0.25, -0.2) is 0 Å². The summed E-state index contributed by atoms with van der Waals surface area (Å²) in [6.45, 7) is 0. The summed E-state index contributed by atoms with van der Waals surface area (Å²) >= 11 is 0. The van der Waals surface area contributed by atoms with Crippen molar-refractivity contribution in [2.75, 3.05) is 0 Å². The van der Waals surface area contributed by atoms with E-state index in [0.29, 0.717) is 5.76 Å². The number of aromatic nitrogens is 1. The first-order valence-electron chi connectivity index (χ1n) is 4.56. The summed E-state index contributed by atoms with van der Waals surface area (Å²) in [5.74, 6) is 6.31. The first kappa shape index (κ1) is 9.99. The molecule has 0 aromatic carbocycles. The predicted molar refractivity (Wildman–Crippen MR) is 58.3 cm³/mol. The van der Waals surface area contributed by atoms with Crippen molar-refractivity contribution in [3.8, 4) is 11.8 Å². The maximum atomic E-state index is 8.30. The average molecular weight is 212 g/mol. The van der Waals surface area contributed by atoms with Gasteiger partial charge < -0.3 is 9.62 Å². The molecule has 1 N–H and O–H groups in total. The number of pyridine rings is 1. The molecule has 0 spiro atoms. The Kier molecular flexibility index (Phi) is 3.00. The quantitative estimate of drug-likeness (QED) is 0.340. The predicted octanol–water partition coefficient (Wildman–Crippen LogP) is 1.88. The van der Waals surface area contributed by atoms with Crippen LogP contribution >= 0.6 is 0 Å². The molecule has 0 amide bonds. The van der Waals surface area contributed by atoms with Crippen LogP contribution in [0, 0.1) is 11.8 Å². The third-order valence-electron chi connectivity index (χ3n) is 1.82. The Bertz CT molecular complexity index is 547. The van der Waals surface area contributed by atoms with Crippen LogP contribution in [-0.4, -0.2) is 16.4 Å². The smallest absolute Gasteiger partial charge is 0.149 e. The summed E-state index contributed by atoms with van der Waals surface area (Å²) < 4.78 is 5.07. The van der Waals surface area contributed by atoms with Gasteiger partial charge in [0.15, 0.2) is 0 Å². The SMILES string of the molecule is O/N=C/c1cc(C#Cc2cccnc2)co1. The Hall–Kier alpha value is -2.54. The molecule has 0 fully saturated rings. The van der Waals surface area contributed by atoms with Crippen molar-refractivity contribution in [2.24, 2.45) is 5.16 Å². The van der Waals surface area contributed by atoms with Crippen LogP contribution in [0.3, 0.4) is 0 Å². The van der Waals surface area contributed by atoms with Gasteiger partial charge in [-0.15, -0.1) is 0 Å². The molecule has 4 nitrogen and oxygen atoms in total. The summed E-state index contributed by atoms with van der Waals surface area (Å²) in [5.41, 5.74) is 1.56. The molecule has 0 aliphatic rings. The van der Waals surface area contributed by atoms with Crippen LogP contribution in [-0.2, 0) is 0 Å². The lowest BCUT2D eigenvalue weighted by molar-refractivity contribution is 0.320. The molecule has 78 valence electrons. The fourth-order valence-corrected chi connectivity index (χ4v) is 1.12. The molecule has 2 aromatic heterocycles. The first-order chi connectivity index (χ1) is 7.88. The number of oxime groups is 1. The zero-order chi connectivity index (χ0) is 11.2. The maximum Gasteiger partial charge on any atom is 0.149 e. The zero-order valence-electron chi connectivity index (χ0n) is 8.29. The molecule has 0 saturated carbocycles. The lowest BCUT2D eigenvalue weighted by atomic mass is 10.2. The highest BCUT2D eigenvalue weighted by Crippen LogP contribution is 2.04. The highest BCUT2D eigenvalue weighted by Gasteiger charge is 1.95. The van der Waals surface area contributed by atoms with E-state index in [1.807, 2.05) is 12.1 Å². The Morgan fingerprint density at radius 2 is 2.25 bits per heavy atom. The fraction of sp³-hybridized carbons (Fsp3) is 0. The molecule has 16 heavy (non-hydrogen) atoms. The topological polar surface area (TPSA) is 58.6 Å². The highest BCUT2D eigenvalue weighted by molar-refractivity contribution is 5.75. The second-order valence-corrected chi connectivity index (χ2v) is 2.97. The Morgan fingerprint density at radius 1 is 1.38 bits per heavy atom. The zero-order valence-corrected chi connectivity index (χ0v) is 8.29. The maximum absolute atomic E-state index is 8.30. The van der Waals surface area contributed by atoms with Crippen molar-refractivity contribution < 1.29 is 9.62 Å². The largest absolute Gasteiger partial charge is 0.462 e. The number of furan rings is 1. The Labute approximate surface area is 92.2 Å². The van der Waals surface area contributed by atoms with Crippen LogP contribution in [0.15, 0.2) is 46.4 Å². The van der Waals surface area contributed by atoms with E-state index in [4.69, 9.17) is 9.62 Å². The van der Waals surface area contributed by atoms with Crippen LogP contribution in [0.25, 0.3) is 0 Å². The minimum Gasteiger partial charge on any atom is -0.462 e. The van der Waals surface area contributed by atoms with Crippen molar-refractivity contribution in [1.82, 2.24) is 4.98 Å². The van der Waals surface area contributed by atoms with Crippen LogP contribution in [0.5, 0.6) is 0 Å². The number of hydrogen-bond acceptors (Lipinski definition) is 4. The normalized spacial score (nSPS) is 10.0. The molecule has 0 radical (unpaired) electrons. The van der Waals surface area contributed by atoms with Crippen LogP contribution < -0.4 is 0 Å². The van der Waals surface area contributed by atoms with E-state index in [9.17, 15) is 0 Å². The van der Waals surface area contributed by atoms with Crippen molar-refractivity contribution in [1.29, 1.82) is 0 Å². The van der Waals surface area contributed by atoms with Gasteiger partial charge in [-0.05, 0) is 12.1 Å². The minimum atomic E-state index is 0.456. The summed E-state index contributed by atoms with van der Waals surface area (Å²) in [7, 11) is 0. The lowest BCUT2D eigenvalue weighted by Crippen LogP contribution is -1.75. The van der Waals surface area contributed by atoms with E-state index < -0.39 is 0 Å². The van der Waals surface area contributed by atoms with Gasteiger partial charge in [0.25, 0.3) is 0 Å². The minimum absolute atomic E-state index is 0.456. The third-order valence-corrected chi connectivity index (χ3v) is 1.82. The molecule has 0 aliphatic carbocycles. The van der Waals surface area contributed by atoms with E-state index in [-0.39, 0.29) is 0 Å². The van der Waals surface area contributed by atoms with Gasteiger partial charge >= 0.3 is 0 Å². The molecule has 0 bridgehead atoms. The Balaban J connectivity index is 2.18. The van der Waals surface area contributed by atoms with Gasteiger partial charge in [-0.1, -0.05) is 17.0 Å². The second kappa shape index (κ2) is 4.80. The van der Waals surface area contributed by atoms with E-state index >= 15 is 0 Å². The molecule has 2 aromatic rings. The second-order valence-electron chi connectivity index (χ2n) is 2.97. The molecule has 2 heterocycles. The number of hydrogen-bond donors (Lipinski definition) is 1. The van der Waals surface area contributed by atoms with E-state index in [2.05, 4.69) is 22.0 Å². The summed E-state index contributed by atoms with van der Waals surface area (Å²) in [4.78, 5) is 3.95. The van der Waals surface area contributed by atoms with E-state index in [1.165, 1.54) is 12.5 Å². The van der Waals surface area contributed by atoms with Crippen molar-refractivity contribution in [2.45, 2.75) is 0 Å². The molecule has 2 rings (SSSR count). The standard InChI is InChI=1S/C12H8N2O2/c15-14-8-12-6-11(9-16-12)4-3-10-2-1-5-13-7-10/h1-2,5-9,15H/b14-8+. The molecule has 0 saturated heterocycles.